The minimum Gasteiger partial charge on any atom is -0.299 e. The molecule has 3 rings (SSSR count). The van der Waals surface area contributed by atoms with Crippen LogP contribution in [0.4, 0.5) is 0 Å². The number of Topliss-reactive ketones (excluding diaryl/α,β-unsaturated/α-hetero) is 2. The highest BCUT2D eigenvalue weighted by Crippen LogP contribution is 2.37. The molecule has 1 unspecified atom stereocenters. The fraction of sp³-hybridized carbons (Fsp3) is 0.409. The van der Waals surface area contributed by atoms with Gasteiger partial charge in [0.1, 0.15) is 11.6 Å². The van der Waals surface area contributed by atoms with E-state index in [1.165, 1.54) is 12.5 Å². The lowest BCUT2D eigenvalue weighted by molar-refractivity contribution is -0.134. The van der Waals surface area contributed by atoms with Crippen LogP contribution >= 0.6 is 11.6 Å². The lowest BCUT2D eigenvalue weighted by Gasteiger charge is -2.29. The third kappa shape index (κ3) is 4.39. The summed E-state index contributed by atoms with van der Waals surface area (Å²) in [4.78, 5) is 29.4. The van der Waals surface area contributed by atoms with Gasteiger partial charge in [-0.25, -0.2) is 0 Å². The Balaban J connectivity index is 1.65. The molecular formula is C22H24ClNO2. The number of pyridine rings is 1. The van der Waals surface area contributed by atoms with Crippen LogP contribution in [-0.4, -0.2) is 16.6 Å². The molecular weight excluding hydrogens is 346 g/mol. The quantitative estimate of drug-likeness (QED) is 0.671. The first-order valence-corrected chi connectivity index (χ1v) is 9.62. The van der Waals surface area contributed by atoms with Crippen LogP contribution < -0.4 is 0 Å². The van der Waals surface area contributed by atoms with Gasteiger partial charge in [-0.05, 0) is 56.2 Å². The first-order chi connectivity index (χ1) is 12.6. The fourth-order valence-electron chi connectivity index (χ4n) is 3.93. The molecule has 4 heteroatoms. The van der Waals surface area contributed by atoms with Gasteiger partial charge in [0.25, 0.3) is 0 Å². The summed E-state index contributed by atoms with van der Waals surface area (Å²) in [6, 6.07) is 14.0. The highest BCUT2D eigenvalue weighted by molar-refractivity contribution is 6.31. The summed E-state index contributed by atoms with van der Waals surface area (Å²) in [6.07, 6.45) is 5.63. The molecule has 0 bridgehead atoms. The number of carbonyl (C=O) groups excluding carboxylic acids is 2. The molecule has 0 aliphatic heterocycles. The molecule has 2 aromatic rings. The predicted molar refractivity (Wildman–Crippen MR) is 103 cm³/mol. The Kier molecular flexibility index (Phi) is 6.20. The zero-order valence-electron chi connectivity index (χ0n) is 15.0. The van der Waals surface area contributed by atoms with Crippen LogP contribution in [0.15, 0.2) is 48.7 Å². The van der Waals surface area contributed by atoms with E-state index < -0.39 is 5.92 Å². The molecule has 3 nitrogen and oxygen atoms in total. The number of hydrogen-bond donors (Lipinski definition) is 0. The minimum absolute atomic E-state index is 0.0358. The number of carbonyl (C=O) groups is 2. The van der Waals surface area contributed by atoms with Crippen LogP contribution in [0.2, 0.25) is 5.02 Å². The van der Waals surface area contributed by atoms with Crippen LogP contribution in [0.3, 0.4) is 0 Å². The number of aromatic nitrogens is 1. The molecule has 0 saturated heterocycles. The lowest BCUT2D eigenvalue weighted by Crippen LogP contribution is -2.32. The maximum atomic E-state index is 13.0. The molecule has 0 spiro atoms. The molecule has 1 aliphatic rings. The second-order valence-corrected chi connectivity index (χ2v) is 7.57. The summed E-state index contributed by atoms with van der Waals surface area (Å²) in [7, 11) is 0. The van der Waals surface area contributed by atoms with Crippen LogP contribution in [0.5, 0.6) is 0 Å². The van der Waals surface area contributed by atoms with Crippen molar-refractivity contribution in [1.29, 1.82) is 0 Å². The average molecular weight is 370 g/mol. The van der Waals surface area contributed by atoms with Crippen molar-refractivity contribution in [2.45, 2.75) is 44.9 Å². The third-order valence-corrected chi connectivity index (χ3v) is 5.81. The van der Waals surface area contributed by atoms with Crippen molar-refractivity contribution in [3.63, 3.8) is 0 Å². The summed E-state index contributed by atoms with van der Waals surface area (Å²) < 4.78 is 0. The number of benzene rings is 1. The number of nitrogens with zero attached hydrogens (tertiary/aromatic N) is 1. The van der Waals surface area contributed by atoms with Crippen molar-refractivity contribution in [1.82, 2.24) is 4.98 Å². The maximum Gasteiger partial charge on any atom is 0.146 e. The van der Waals surface area contributed by atoms with E-state index >= 15 is 0 Å². The lowest BCUT2D eigenvalue weighted by atomic mass is 9.74. The molecule has 1 atom stereocenters. The normalized spacial score (nSPS) is 21.2. The molecule has 1 saturated carbocycles. The molecule has 1 aromatic heterocycles. The Bertz CT molecular complexity index is 767. The van der Waals surface area contributed by atoms with Crippen molar-refractivity contribution in [2.75, 3.05) is 0 Å². The van der Waals surface area contributed by atoms with E-state index in [1.54, 1.807) is 18.3 Å². The van der Waals surface area contributed by atoms with Crippen LogP contribution in [0.1, 0.15) is 49.8 Å². The number of ketones is 2. The van der Waals surface area contributed by atoms with Crippen LogP contribution in [-0.2, 0) is 16.0 Å². The molecule has 1 heterocycles. The van der Waals surface area contributed by atoms with Gasteiger partial charge >= 0.3 is 0 Å². The summed E-state index contributed by atoms with van der Waals surface area (Å²) in [5.74, 6) is -0.194. The van der Waals surface area contributed by atoms with Gasteiger partial charge in [0.15, 0.2) is 0 Å². The van der Waals surface area contributed by atoms with E-state index in [-0.39, 0.29) is 17.5 Å². The predicted octanol–water partition coefficient (Wildman–Crippen LogP) is 5.03. The van der Waals surface area contributed by atoms with Gasteiger partial charge in [-0.3, -0.25) is 14.6 Å². The van der Waals surface area contributed by atoms with Gasteiger partial charge in [-0.1, -0.05) is 41.9 Å². The zero-order chi connectivity index (χ0) is 18.5. The van der Waals surface area contributed by atoms with Crippen molar-refractivity contribution < 1.29 is 9.59 Å². The van der Waals surface area contributed by atoms with Gasteiger partial charge in [0.05, 0.1) is 16.6 Å². The molecule has 26 heavy (non-hydrogen) atoms. The molecule has 1 aliphatic carbocycles. The standard InChI is InChI=1S/C22H24ClNO2/c1-15(25)19(14-21-20(23)8-5-13-24-21)22(26)18-11-9-17(10-12-18)16-6-3-2-4-7-16/h2-8,13,17-19H,9-12,14H2,1H3. The molecule has 0 N–H and O–H groups in total. The van der Waals surface area contributed by atoms with Gasteiger partial charge in [0, 0.05) is 18.5 Å². The smallest absolute Gasteiger partial charge is 0.146 e. The fourth-order valence-corrected chi connectivity index (χ4v) is 4.13. The summed E-state index contributed by atoms with van der Waals surface area (Å²) in [5.41, 5.74) is 1.97. The first kappa shape index (κ1) is 18.8. The van der Waals surface area contributed by atoms with Crippen molar-refractivity contribution >= 4 is 23.2 Å². The molecule has 0 amide bonds. The number of halogens is 1. The Labute approximate surface area is 159 Å². The molecule has 0 radical (unpaired) electrons. The van der Waals surface area contributed by atoms with Crippen molar-refractivity contribution in [2.24, 2.45) is 11.8 Å². The zero-order valence-corrected chi connectivity index (χ0v) is 15.8. The van der Waals surface area contributed by atoms with E-state index in [2.05, 4.69) is 29.2 Å². The van der Waals surface area contributed by atoms with E-state index in [9.17, 15) is 9.59 Å². The summed E-state index contributed by atoms with van der Waals surface area (Å²) in [6.45, 7) is 1.50. The van der Waals surface area contributed by atoms with Gasteiger partial charge in [0.2, 0.25) is 0 Å². The van der Waals surface area contributed by atoms with Crippen LogP contribution in [0, 0.1) is 11.8 Å². The second kappa shape index (κ2) is 8.59. The topological polar surface area (TPSA) is 47.0 Å². The highest BCUT2D eigenvalue weighted by Gasteiger charge is 2.34. The number of hydrogen-bond acceptors (Lipinski definition) is 3. The highest BCUT2D eigenvalue weighted by atomic mass is 35.5. The Morgan fingerprint density at radius 2 is 1.77 bits per heavy atom. The van der Waals surface area contributed by atoms with E-state index in [0.717, 1.165) is 25.7 Å². The average Bonchev–Trinajstić information content (AvgIpc) is 2.67. The Morgan fingerprint density at radius 1 is 1.08 bits per heavy atom. The van der Waals surface area contributed by atoms with E-state index in [4.69, 9.17) is 11.6 Å². The second-order valence-electron chi connectivity index (χ2n) is 7.16. The summed E-state index contributed by atoms with van der Waals surface area (Å²) >= 11 is 6.17. The SMILES string of the molecule is CC(=O)C(Cc1ncccc1Cl)C(=O)C1CCC(c2ccccc2)CC1. The Hall–Kier alpha value is -2.00. The first-order valence-electron chi connectivity index (χ1n) is 9.24. The van der Waals surface area contributed by atoms with Gasteiger partial charge in [-0.15, -0.1) is 0 Å². The largest absolute Gasteiger partial charge is 0.299 e. The van der Waals surface area contributed by atoms with Crippen LogP contribution in [0.25, 0.3) is 0 Å². The minimum atomic E-state index is -0.638. The monoisotopic (exact) mass is 369 g/mol. The van der Waals surface area contributed by atoms with E-state index in [1.807, 2.05) is 6.07 Å². The van der Waals surface area contributed by atoms with E-state index in [0.29, 0.717) is 23.1 Å². The Morgan fingerprint density at radius 3 is 2.38 bits per heavy atom. The van der Waals surface area contributed by atoms with Crippen molar-refractivity contribution in [3.8, 4) is 0 Å². The van der Waals surface area contributed by atoms with Gasteiger partial charge < -0.3 is 0 Å². The number of rotatable bonds is 6. The maximum absolute atomic E-state index is 13.0. The van der Waals surface area contributed by atoms with Crippen molar-refractivity contribution in [3.05, 3.63) is 64.9 Å². The molecule has 1 fully saturated rings. The third-order valence-electron chi connectivity index (χ3n) is 5.47. The van der Waals surface area contributed by atoms with Gasteiger partial charge in [-0.2, -0.15) is 0 Å². The molecule has 1 aromatic carbocycles. The summed E-state index contributed by atoms with van der Waals surface area (Å²) in [5, 5.41) is 0.513. The molecule has 136 valence electrons.